The van der Waals surface area contributed by atoms with Crippen LogP contribution in [0.5, 0.6) is 0 Å². The van der Waals surface area contributed by atoms with Crippen molar-refractivity contribution in [2.24, 2.45) is 0 Å². The van der Waals surface area contributed by atoms with E-state index in [0.717, 1.165) is 0 Å². The molecular weight excluding hydrogens is 374 g/mol. The number of amides is 4. The summed E-state index contributed by atoms with van der Waals surface area (Å²) in [4.78, 5) is 47.5. The standard InChI is InChI=1S/C20H17N5O4/c1-29-10-16(26)23-9-12-7-15(23)18-19(27)25(20(28)24(12)18)14-5-4-11(8-21)17-13(14)3-2-6-22-17/h2-6,12,15,18H,7,9-10H2,1H3/t12?,15?,18-/m0/s1. The van der Waals surface area contributed by atoms with Crippen LogP contribution in [0, 0.1) is 11.3 Å². The highest BCUT2D eigenvalue weighted by Gasteiger charge is 2.62. The van der Waals surface area contributed by atoms with E-state index in [-0.39, 0.29) is 36.5 Å². The van der Waals surface area contributed by atoms with Gasteiger partial charge in [0.1, 0.15) is 18.7 Å². The van der Waals surface area contributed by atoms with Crippen molar-refractivity contribution in [2.45, 2.75) is 24.5 Å². The van der Waals surface area contributed by atoms with E-state index in [2.05, 4.69) is 11.1 Å². The Kier molecular flexibility index (Phi) is 3.79. The minimum atomic E-state index is -0.690. The van der Waals surface area contributed by atoms with Gasteiger partial charge in [-0.1, -0.05) is 0 Å². The number of likely N-dealkylation sites (tertiary alicyclic amines) is 1. The summed E-state index contributed by atoms with van der Waals surface area (Å²) in [7, 11) is 1.45. The second kappa shape index (κ2) is 6.25. The number of nitrogens with zero attached hydrogens (tertiary/aromatic N) is 5. The lowest BCUT2D eigenvalue weighted by molar-refractivity contribution is -0.139. The molecule has 0 aliphatic carbocycles. The summed E-state index contributed by atoms with van der Waals surface area (Å²) < 4.78 is 4.94. The SMILES string of the molecule is COCC(=O)N1CC2CC1[C@H]1C(=O)N(c3ccc(C#N)c4ncccc34)C(=O)N21. The number of rotatable bonds is 3. The predicted octanol–water partition coefficient (Wildman–Crippen LogP) is 0.873. The number of nitriles is 1. The topological polar surface area (TPSA) is 107 Å². The van der Waals surface area contributed by atoms with E-state index in [4.69, 9.17) is 4.74 Å². The van der Waals surface area contributed by atoms with Gasteiger partial charge in [-0.3, -0.25) is 14.6 Å². The van der Waals surface area contributed by atoms with Crippen LogP contribution in [0.2, 0.25) is 0 Å². The third kappa shape index (κ3) is 2.29. The van der Waals surface area contributed by atoms with Gasteiger partial charge in [-0.05, 0) is 30.7 Å². The van der Waals surface area contributed by atoms with E-state index in [1.165, 1.54) is 12.0 Å². The maximum absolute atomic E-state index is 13.3. The average Bonchev–Trinajstić information content (AvgIpc) is 3.39. The Morgan fingerprint density at radius 1 is 1.34 bits per heavy atom. The molecule has 3 aliphatic heterocycles. The second-order valence-electron chi connectivity index (χ2n) is 7.39. The largest absolute Gasteiger partial charge is 0.375 e. The molecule has 3 fully saturated rings. The molecule has 0 spiro atoms. The maximum Gasteiger partial charge on any atom is 0.332 e. The molecule has 2 aromatic rings. The van der Waals surface area contributed by atoms with Crippen molar-refractivity contribution in [2.75, 3.05) is 25.2 Å². The zero-order chi connectivity index (χ0) is 20.3. The first-order valence-electron chi connectivity index (χ1n) is 9.29. The van der Waals surface area contributed by atoms with Crippen LogP contribution in [-0.2, 0) is 14.3 Å². The number of urea groups is 1. The number of imide groups is 1. The Labute approximate surface area is 166 Å². The van der Waals surface area contributed by atoms with Crippen molar-refractivity contribution in [1.29, 1.82) is 5.26 Å². The summed E-state index contributed by atoms with van der Waals surface area (Å²) in [6.07, 6.45) is 2.17. The van der Waals surface area contributed by atoms with E-state index < -0.39 is 6.04 Å². The molecule has 9 heteroatoms. The summed E-state index contributed by atoms with van der Waals surface area (Å²) in [6, 6.07) is 7.10. The fraction of sp³-hybridized carbons (Fsp3) is 0.350. The van der Waals surface area contributed by atoms with Crippen molar-refractivity contribution in [1.82, 2.24) is 14.8 Å². The van der Waals surface area contributed by atoms with Gasteiger partial charge in [-0.15, -0.1) is 0 Å². The number of piperazine rings is 1. The summed E-state index contributed by atoms with van der Waals surface area (Å²) in [5.74, 6) is -0.529. The third-order valence-corrected chi connectivity index (χ3v) is 5.96. The van der Waals surface area contributed by atoms with Gasteiger partial charge < -0.3 is 14.5 Å². The first kappa shape index (κ1) is 17.6. The highest BCUT2D eigenvalue weighted by Crippen LogP contribution is 2.43. The number of pyridine rings is 1. The van der Waals surface area contributed by atoms with E-state index in [1.54, 1.807) is 40.3 Å². The lowest BCUT2D eigenvalue weighted by Crippen LogP contribution is -2.55. The minimum absolute atomic E-state index is 0.0479. The van der Waals surface area contributed by atoms with Crippen LogP contribution in [0.1, 0.15) is 12.0 Å². The van der Waals surface area contributed by atoms with Crippen LogP contribution in [0.4, 0.5) is 10.5 Å². The van der Waals surface area contributed by atoms with Crippen LogP contribution in [-0.4, -0.2) is 71.0 Å². The predicted molar refractivity (Wildman–Crippen MR) is 101 cm³/mol. The number of carbonyl (C=O) groups is 3. The van der Waals surface area contributed by atoms with Gasteiger partial charge in [0.25, 0.3) is 5.91 Å². The Hall–Kier alpha value is -3.51. The Bertz CT molecular complexity index is 1110. The van der Waals surface area contributed by atoms with Crippen molar-refractivity contribution in [3.8, 4) is 6.07 Å². The average molecular weight is 391 g/mol. The Balaban J connectivity index is 1.55. The third-order valence-electron chi connectivity index (χ3n) is 5.96. The summed E-state index contributed by atoms with van der Waals surface area (Å²) in [6.45, 7) is 0.361. The van der Waals surface area contributed by atoms with Crippen LogP contribution >= 0.6 is 0 Å². The van der Waals surface area contributed by atoms with Gasteiger partial charge in [-0.25, -0.2) is 9.69 Å². The zero-order valence-electron chi connectivity index (χ0n) is 15.6. The smallest absolute Gasteiger partial charge is 0.332 e. The molecule has 4 amide bonds. The Morgan fingerprint density at radius 2 is 2.17 bits per heavy atom. The number of benzene rings is 1. The lowest BCUT2D eigenvalue weighted by atomic mass is 10.1. The molecule has 3 aliphatic rings. The molecule has 1 aromatic carbocycles. The monoisotopic (exact) mass is 391 g/mol. The molecule has 0 saturated carbocycles. The van der Waals surface area contributed by atoms with E-state index in [1.807, 2.05) is 0 Å². The quantitative estimate of drug-likeness (QED) is 0.719. The molecule has 146 valence electrons. The van der Waals surface area contributed by atoms with Gasteiger partial charge in [-0.2, -0.15) is 5.26 Å². The number of anilines is 1. The zero-order valence-corrected chi connectivity index (χ0v) is 15.6. The molecule has 2 unspecified atom stereocenters. The van der Waals surface area contributed by atoms with E-state index in [9.17, 15) is 19.6 Å². The molecule has 5 rings (SSSR count). The minimum Gasteiger partial charge on any atom is -0.375 e. The lowest BCUT2D eigenvalue weighted by Gasteiger charge is -2.34. The van der Waals surface area contributed by atoms with E-state index >= 15 is 0 Å². The first-order chi connectivity index (χ1) is 14.1. The van der Waals surface area contributed by atoms with Gasteiger partial charge in [0.2, 0.25) is 5.91 Å². The molecule has 4 heterocycles. The highest BCUT2D eigenvalue weighted by atomic mass is 16.5. The summed E-state index contributed by atoms with van der Waals surface area (Å²) in [5.41, 5.74) is 1.23. The number of carbonyl (C=O) groups excluding carboxylic acids is 3. The highest BCUT2D eigenvalue weighted by molar-refractivity contribution is 6.25. The summed E-state index contributed by atoms with van der Waals surface area (Å²) >= 11 is 0. The van der Waals surface area contributed by atoms with Crippen LogP contribution < -0.4 is 4.90 Å². The van der Waals surface area contributed by atoms with Crippen LogP contribution in [0.3, 0.4) is 0 Å². The molecule has 29 heavy (non-hydrogen) atoms. The molecule has 3 atom stereocenters. The van der Waals surface area contributed by atoms with E-state index in [0.29, 0.717) is 35.1 Å². The first-order valence-corrected chi connectivity index (χ1v) is 9.29. The molecule has 3 saturated heterocycles. The molecule has 9 nitrogen and oxygen atoms in total. The fourth-order valence-electron chi connectivity index (χ4n) is 4.81. The molecule has 0 radical (unpaired) electrons. The van der Waals surface area contributed by atoms with Crippen molar-refractivity contribution >= 4 is 34.4 Å². The van der Waals surface area contributed by atoms with Crippen molar-refractivity contribution in [3.63, 3.8) is 0 Å². The summed E-state index contributed by atoms with van der Waals surface area (Å²) in [5, 5.41) is 9.90. The molecular formula is C20H17N5O4. The number of hydrogen-bond donors (Lipinski definition) is 0. The van der Waals surface area contributed by atoms with Crippen LogP contribution in [0.15, 0.2) is 30.5 Å². The van der Waals surface area contributed by atoms with Gasteiger partial charge in [0.15, 0.2) is 0 Å². The number of fused-ring (bicyclic) bond motifs is 6. The van der Waals surface area contributed by atoms with Crippen molar-refractivity contribution in [3.05, 3.63) is 36.0 Å². The number of hydrogen-bond acceptors (Lipinski definition) is 6. The van der Waals surface area contributed by atoms with Gasteiger partial charge in [0, 0.05) is 25.2 Å². The molecule has 0 N–H and O–H groups in total. The number of ether oxygens (including phenoxy) is 1. The van der Waals surface area contributed by atoms with Gasteiger partial charge >= 0.3 is 6.03 Å². The molecule has 2 bridgehead atoms. The number of aromatic nitrogens is 1. The van der Waals surface area contributed by atoms with Gasteiger partial charge in [0.05, 0.1) is 28.9 Å². The fourth-order valence-corrected chi connectivity index (χ4v) is 4.81. The molecule has 1 aromatic heterocycles. The van der Waals surface area contributed by atoms with Crippen LogP contribution in [0.25, 0.3) is 10.9 Å². The van der Waals surface area contributed by atoms with Crippen molar-refractivity contribution < 1.29 is 19.1 Å². The Morgan fingerprint density at radius 3 is 2.93 bits per heavy atom. The second-order valence-corrected chi connectivity index (χ2v) is 7.39. The maximum atomic E-state index is 13.3. The number of methoxy groups -OCH3 is 1. The normalized spacial score (nSPS) is 25.1.